The average molecular weight is 1230 g/mol. The fraction of sp³-hybridized carbons (Fsp3) is 0.637. The number of halogens is 4. The molecular formula is C80H128BF4N3O. The van der Waals surface area contributed by atoms with Gasteiger partial charge in [-0.2, -0.15) is 0 Å². The first kappa shape index (κ1) is 78.5. The molecule has 0 N–H and O–H groups in total. The molecule has 0 saturated carbocycles. The number of anilines is 2. The molecule has 0 fully saturated rings. The molecule has 1 heterocycles. The van der Waals surface area contributed by atoms with Crippen LogP contribution in [0.2, 0.25) is 0 Å². The smallest absolute Gasteiger partial charge is 0.457 e. The molecule has 4 nitrogen and oxygen atoms in total. The number of ether oxygens (including phenoxy) is 1. The van der Waals surface area contributed by atoms with Gasteiger partial charge in [0.15, 0.2) is 5.71 Å². The Hall–Kier alpha value is -4.79. The molecule has 2 aromatic carbocycles. The van der Waals surface area contributed by atoms with Crippen LogP contribution in [0.5, 0.6) is 0 Å². The van der Waals surface area contributed by atoms with Crippen LogP contribution in [0.3, 0.4) is 0 Å². The van der Waals surface area contributed by atoms with Crippen molar-refractivity contribution >= 4 is 36.5 Å². The minimum atomic E-state index is -6.00. The van der Waals surface area contributed by atoms with E-state index in [9.17, 15) is 17.3 Å². The summed E-state index contributed by atoms with van der Waals surface area (Å²) in [6.45, 7) is 10.2. The van der Waals surface area contributed by atoms with Gasteiger partial charge in [-0.3, -0.25) is 0 Å². The summed E-state index contributed by atoms with van der Waals surface area (Å²) in [5.41, 5.74) is 8.49. The van der Waals surface area contributed by atoms with Gasteiger partial charge in [0, 0.05) is 57.1 Å². The second kappa shape index (κ2) is 52.8. The lowest BCUT2D eigenvalue weighted by atomic mass is 10.0. The predicted octanol–water partition coefficient (Wildman–Crippen LogP) is 25.9. The SMILES string of the molecule is CCCCCCCCCCCCCCCCN(C)c1ccc(/C=C/C2=CC(=C/C=C3C=CC(=[N+](C)CCCCCCCCCCCCCCCC)C=C3)/OC(/C=C/c3ccc(N(C)CCCCCCCCCCCCCCCC)cc3)=C2)cc1.F[B-](F)(F)F. The van der Waals surface area contributed by atoms with Crippen molar-refractivity contribution in [3.8, 4) is 0 Å². The Balaban J connectivity index is 0.00000397. The van der Waals surface area contributed by atoms with E-state index in [-0.39, 0.29) is 0 Å². The lowest BCUT2D eigenvalue weighted by Crippen LogP contribution is -2.18. The Morgan fingerprint density at radius 3 is 1.04 bits per heavy atom. The van der Waals surface area contributed by atoms with Crippen LogP contribution in [0.4, 0.5) is 28.6 Å². The van der Waals surface area contributed by atoms with Gasteiger partial charge in [-0.25, -0.2) is 4.58 Å². The third kappa shape index (κ3) is 43.6. The minimum Gasteiger partial charge on any atom is -0.457 e. The molecule has 0 atom stereocenters. The minimum absolute atomic E-state index is 0.830. The van der Waals surface area contributed by atoms with Crippen LogP contribution in [0, 0.1) is 0 Å². The zero-order chi connectivity index (χ0) is 64.1. The third-order valence-electron chi connectivity index (χ3n) is 17.7. The fourth-order valence-electron chi connectivity index (χ4n) is 11.9. The fourth-order valence-corrected chi connectivity index (χ4v) is 11.9. The summed E-state index contributed by atoms with van der Waals surface area (Å²) >= 11 is 0. The van der Waals surface area contributed by atoms with Crippen LogP contribution in [0.15, 0.2) is 132 Å². The largest absolute Gasteiger partial charge is 0.673 e. The number of hydrogen-bond acceptors (Lipinski definition) is 3. The summed E-state index contributed by atoms with van der Waals surface area (Å²) in [6.07, 6.45) is 85.0. The van der Waals surface area contributed by atoms with Gasteiger partial charge in [0.1, 0.15) is 25.1 Å². The molecule has 89 heavy (non-hydrogen) atoms. The van der Waals surface area contributed by atoms with Gasteiger partial charge in [-0.1, -0.05) is 313 Å². The van der Waals surface area contributed by atoms with Gasteiger partial charge in [0.05, 0.1) is 0 Å². The molecule has 0 unspecified atom stereocenters. The second-order valence-corrected chi connectivity index (χ2v) is 26.0. The maximum Gasteiger partial charge on any atom is 0.673 e. The first-order chi connectivity index (χ1) is 43.4. The van der Waals surface area contributed by atoms with E-state index in [0.717, 1.165) is 36.7 Å². The molecule has 2 aliphatic rings. The van der Waals surface area contributed by atoms with Crippen molar-refractivity contribution in [2.24, 2.45) is 0 Å². The molecule has 4 rings (SSSR count). The van der Waals surface area contributed by atoms with E-state index in [0.29, 0.717) is 0 Å². The van der Waals surface area contributed by atoms with Crippen LogP contribution in [0.25, 0.3) is 12.2 Å². The van der Waals surface area contributed by atoms with E-state index in [4.69, 9.17) is 4.74 Å². The molecule has 1 aliphatic heterocycles. The summed E-state index contributed by atoms with van der Waals surface area (Å²) < 4.78 is 48.0. The first-order valence-electron chi connectivity index (χ1n) is 36.7. The zero-order valence-electron chi connectivity index (χ0n) is 57.7. The molecule has 0 saturated heterocycles. The van der Waals surface area contributed by atoms with Crippen LogP contribution in [-0.4, -0.2) is 58.3 Å². The van der Waals surface area contributed by atoms with Gasteiger partial charge < -0.3 is 31.8 Å². The molecule has 1 aliphatic carbocycles. The van der Waals surface area contributed by atoms with Crippen molar-refractivity contribution in [2.75, 3.05) is 50.6 Å². The number of hydrogen-bond donors (Lipinski definition) is 0. The molecular weight excluding hydrogens is 1110 g/mol. The zero-order valence-corrected chi connectivity index (χ0v) is 57.7. The van der Waals surface area contributed by atoms with Crippen LogP contribution in [0.1, 0.15) is 302 Å². The number of benzene rings is 2. The number of allylic oxidation sites excluding steroid dienone is 12. The maximum absolute atomic E-state index is 9.75. The van der Waals surface area contributed by atoms with E-state index in [2.05, 4.69) is 178 Å². The van der Waals surface area contributed by atoms with Gasteiger partial charge >= 0.3 is 7.25 Å². The van der Waals surface area contributed by atoms with E-state index in [1.807, 2.05) is 0 Å². The van der Waals surface area contributed by atoms with E-state index >= 15 is 0 Å². The third-order valence-corrected chi connectivity index (χ3v) is 17.7. The normalized spacial score (nSPS) is 13.8. The lowest BCUT2D eigenvalue weighted by Gasteiger charge is -2.19. The first-order valence-corrected chi connectivity index (χ1v) is 36.7. The highest BCUT2D eigenvalue weighted by Gasteiger charge is 2.20. The van der Waals surface area contributed by atoms with E-state index in [1.165, 1.54) is 303 Å². The molecule has 0 aromatic heterocycles. The number of nitrogens with zero attached hydrogens (tertiary/aromatic N) is 3. The van der Waals surface area contributed by atoms with E-state index in [1.54, 1.807) is 0 Å². The van der Waals surface area contributed by atoms with Crippen molar-refractivity contribution < 1.29 is 26.6 Å². The van der Waals surface area contributed by atoms with Gasteiger partial charge in [0.2, 0.25) is 0 Å². The van der Waals surface area contributed by atoms with Gasteiger partial charge in [-0.15, -0.1) is 0 Å². The maximum atomic E-state index is 9.75. The second-order valence-electron chi connectivity index (χ2n) is 26.0. The Bertz CT molecular complexity index is 2330. The van der Waals surface area contributed by atoms with E-state index < -0.39 is 7.25 Å². The monoisotopic (exact) mass is 1230 g/mol. The van der Waals surface area contributed by atoms with Crippen LogP contribution < -0.4 is 9.80 Å². The molecule has 0 amide bonds. The summed E-state index contributed by atoms with van der Waals surface area (Å²) in [4.78, 5) is 4.84. The Morgan fingerprint density at radius 2 is 0.697 bits per heavy atom. The highest BCUT2D eigenvalue weighted by molar-refractivity contribution is 6.50. The molecule has 0 spiro atoms. The summed E-state index contributed by atoms with van der Waals surface area (Å²) in [5.74, 6) is 1.66. The predicted molar refractivity (Wildman–Crippen MR) is 386 cm³/mol. The van der Waals surface area contributed by atoms with Crippen molar-refractivity contribution in [3.05, 3.63) is 143 Å². The van der Waals surface area contributed by atoms with Crippen molar-refractivity contribution in [3.63, 3.8) is 0 Å². The number of rotatable bonds is 52. The van der Waals surface area contributed by atoms with Crippen molar-refractivity contribution in [1.82, 2.24) is 0 Å². The molecule has 9 heteroatoms. The van der Waals surface area contributed by atoms with Crippen LogP contribution in [-0.2, 0) is 4.74 Å². The quantitative estimate of drug-likeness (QED) is 0.0285. The highest BCUT2D eigenvalue weighted by atomic mass is 19.5. The molecule has 0 bridgehead atoms. The summed E-state index contributed by atoms with van der Waals surface area (Å²) in [7, 11) is 0.724. The highest BCUT2D eigenvalue weighted by Crippen LogP contribution is 2.26. The lowest BCUT2D eigenvalue weighted by molar-refractivity contribution is -0.496. The Morgan fingerprint density at radius 1 is 0.382 bits per heavy atom. The van der Waals surface area contributed by atoms with Crippen molar-refractivity contribution in [2.45, 2.75) is 290 Å². The molecule has 0 radical (unpaired) electrons. The molecule has 2 aromatic rings. The van der Waals surface area contributed by atoms with Crippen LogP contribution >= 0.6 is 0 Å². The van der Waals surface area contributed by atoms with Gasteiger partial charge in [0.25, 0.3) is 0 Å². The standard InChI is InChI=1S/C80H128N3O.BF4/c1-7-10-13-16-19-22-25-28-31-34-37-40-43-46-67-81(4)76-59-51-72(52-60-76)49-50-75-70-79(65-57-73-53-61-77(62-54-73)82(5)68-47-44-41-38-35-32-29-26-23-20-17-14-11-8-2)84-80(71-75)66-58-74-55-63-78(64-56-74)83(6)69-48-45-42-39-36-33-30-27-24-21-18-15-12-9-3;2-1(3,4)5/h49-66,70-71H,7-48,67-69H2,1-6H3;/q+1;-1. The van der Waals surface area contributed by atoms with Gasteiger partial charge in [-0.05, 0) is 102 Å². The topological polar surface area (TPSA) is 18.7 Å². The van der Waals surface area contributed by atoms with Crippen molar-refractivity contribution in [1.29, 1.82) is 0 Å². The number of unbranched alkanes of at least 4 members (excludes halogenated alkanes) is 39. The summed E-state index contributed by atoms with van der Waals surface area (Å²) in [6, 6.07) is 18.1. The summed E-state index contributed by atoms with van der Waals surface area (Å²) in [5, 5.41) is 0. The Labute approximate surface area is 544 Å². The average Bonchev–Trinajstić information content (AvgIpc) is 2.63. The molecule has 500 valence electrons. The Kier molecular flexibility index (Phi) is 46.5.